The van der Waals surface area contributed by atoms with Crippen LogP contribution in [-0.2, 0) is 4.74 Å². The number of anilines is 1. The van der Waals surface area contributed by atoms with Crippen LogP contribution in [0.3, 0.4) is 0 Å². The monoisotopic (exact) mass is 255 g/mol. The SMILES string of the molecule is Cc1cc(Cl)cc(F)c1N1CCC2(CC1)CO2. The van der Waals surface area contributed by atoms with Gasteiger partial charge in [0.1, 0.15) is 5.82 Å². The highest BCUT2D eigenvalue weighted by Gasteiger charge is 2.46. The maximum atomic E-state index is 13.9. The van der Waals surface area contributed by atoms with Crippen molar-refractivity contribution in [2.45, 2.75) is 25.4 Å². The molecule has 2 aliphatic rings. The number of epoxide rings is 1. The molecule has 17 heavy (non-hydrogen) atoms. The summed E-state index contributed by atoms with van der Waals surface area (Å²) in [5.41, 5.74) is 1.74. The maximum absolute atomic E-state index is 13.9. The Labute approximate surface area is 105 Å². The van der Waals surface area contributed by atoms with E-state index in [0.717, 1.165) is 38.1 Å². The Morgan fingerprint density at radius 3 is 2.53 bits per heavy atom. The number of hydrogen-bond acceptors (Lipinski definition) is 2. The zero-order valence-electron chi connectivity index (χ0n) is 9.80. The minimum Gasteiger partial charge on any atom is -0.369 e. The summed E-state index contributed by atoms with van der Waals surface area (Å²) in [5.74, 6) is -0.220. The Balaban J connectivity index is 1.84. The van der Waals surface area contributed by atoms with Crippen molar-refractivity contribution in [2.24, 2.45) is 0 Å². The third kappa shape index (κ3) is 2.02. The van der Waals surface area contributed by atoms with Crippen molar-refractivity contribution in [1.29, 1.82) is 0 Å². The van der Waals surface area contributed by atoms with Crippen molar-refractivity contribution in [3.63, 3.8) is 0 Å². The van der Waals surface area contributed by atoms with E-state index in [9.17, 15) is 4.39 Å². The van der Waals surface area contributed by atoms with E-state index in [2.05, 4.69) is 4.90 Å². The van der Waals surface area contributed by atoms with Crippen molar-refractivity contribution >= 4 is 17.3 Å². The average molecular weight is 256 g/mol. The average Bonchev–Trinajstić information content (AvgIpc) is 3.00. The summed E-state index contributed by atoms with van der Waals surface area (Å²) in [5, 5.41) is 0.461. The molecule has 92 valence electrons. The first-order valence-corrected chi connectivity index (χ1v) is 6.32. The summed E-state index contributed by atoms with van der Waals surface area (Å²) in [6.45, 7) is 4.50. The van der Waals surface area contributed by atoms with Crippen LogP contribution in [0.25, 0.3) is 0 Å². The lowest BCUT2D eigenvalue weighted by atomic mass is 9.97. The van der Waals surface area contributed by atoms with Crippen molar-refractivity contribution in [3.05, 3.63) is 28.5 Å². The van der Waals surface area contributed by atoms with Gasteiger partial charge in [0.2, 0.25) is 0 Å². The predicted molar refractivity (Wildman–Crippen MR) is 66.3 cm³/mol. The highest BCUT2D eigenvalue weighted by molar-refractivity contribution is 6.30. The Kier molecular flexibility index (Phi) is 2.56. The van der Waals surface area contributed by atoms with E-state index in [1.165, 1.54) is 6.07 Å². The number of nitrogens with zero attached hydrogens (tertiary/aromatic N) is 1. The van der Waals surface area contributed by atoms with Gasteiger partial charge in [-0.05, 0) is 37.5 Å². The number of benzene rings is 1. The molecule has 0 amide bonds. The fourth-order valence-corrected chi connectivity index (χ4v) is 2.88. The molecule has 0 saturated carbocycles. The molecule has 0 N–H and O–H groups in total. The van der Waals surface area contributed by atoms with Gasteiger partial charge in [0.05, 0.1) is 17.9 Å². The lowest BCUT2D eigenvalue weighted by molar-refractivity contribution is 0.258. The molecule has 2 saturated heterocycles. The third-order valence-electron chi connectivity index (χ3n) is 3.76. The largest absolute Gasteiger partial charge is 0.369 e. The summed E-state index contributed by atoms with van der Waals surface area (Å²) in [6, 6.07) is 3.21. The molecule has 0 bridgehead atoms. The first-order valence-electron chi connectivity index (χ1n) is 5.94. The minimum absolute atomic E-state index is 0.132. The van der Waals surface area contributed by atoms with E-state index in [1.54, 1.807) is 0 Å². The van der Waals surface area contributed by atoms with Crippen LogP contribution in [0.5, 0.6) is 0 Å². The van der Waals surface area contributed by atoms with Crippen LogP contribution in [0.4, 0.5) is 10.1 Å². The molecular formula is C13H15ClFNO. The van der Waals surface area contributed by atoms with E-state index >= 15 is 0 Å². The second kappa shape index (κ2) is 3.85. The van der Waals surface area contributed by atoms with Crippen molar-refractivity contribution in [2.75, 3.05) is 24.6 Å². The molecule has 2 nitrogen and oxygen atoms in total. The smallest absolute Gasteiger partial charge is 0.148 e. The van der Waals surface area contributed by atoms with Gasteiger partial charge in [-0.3, -0.25) is 0 Å². The van der Waals surface area contributed by atoms with Crippen molar-refractivity contribution in [3.8, 4) is 0 Å². The number of halogens is 2. The predicted octanol–water partition coefficient (Wildman–Crippen LogP) is 3.16. The second-order valence-electron chi connectivity index (χ2n) is 5.01. The fourth-order valence-electron chi connectivity index (χ4n) is 2.62. The van der Waals surface area contributed by atoms with Gasteiger partial charge in [-0.25, -0.2) is 4.39 Å². The molecule has 3 rings (SSSR count). The van der Waals surface area contributed by atoms with E-state index in [-0.39, 0.29) is 11.4 Å². The van der Waals surface area contributed by atoms with E-state index in [4.69, 9.17) is 16.3 Å². The standard InChI is InChI=1S/C13H15ClFNO/c1-9-6-10(14)7-11(15)12(9)16-4-2-13(3-5-16)8-17-13/h6-7H,2-5,8H2,1H3. The molecule has 1 aromatic rings. The summed E-state index contributed by atoms with van der Waals surface area (Å²) in [7, 11) is 0. The number of ether oxygens (including phenoxy) is 1. The maximum Gasteiger partial charge on any atom is 0.148 e. The van der Waals surface area contributed by atoms with Crippen LogP contribution in [0.15, 0.2) is 12.1 Å². The van der Waals surface area contributed by atoms with Gasteiger partial charge in [-0.15, -0.1) is 0 Å². The van der Waals surface area contributed by atoms with Crippen LogP contribution in [0.2, 0.25) is 5.02 Å². The van der Waals surface area contributed by atoms with Crippen LogP contribution in [0, 0.1) is 12.7 Å². The Morgan fingerprint density at radius 2 is 2.00 bits per heavy atom. The lowest BCUT2D eigenvalue weighted by Crippen LogP contribution is -2.38. The van der Waals surface area contributed by atoms with Gasteiger partial charge in [0, 0.05) is 18.1 Å². The highest BCUT2D eigenvalue weighted by atomic mass is 35.5. The first kappa shape index (κ1) is 11.3. The number of aryl methyl sites for hydroxylation is 1. The van der Waals surface area contributed by atoms with Crippen molar-refractivity contribution in [1.82, 2.24) is 0 Å². The molecule has 0 aromatic heterocycles. The Hall–Kier alpha value is -0.800. The van der Waals surface area contributed by atoms with Gasteiger partial charge in [0.15, 0.2) is 0 Å². The van der Waals surface area contributed by atoms with E-state index in [1.807, 2.05) is 13.0 Å². The zero-order valence-corrected chi connectivity index (χ0v) is 10.6. The molecule has 0 unspecified atom stereocenters. The highest BCUT2D eigenvalue weighted by Crippen LogP contribution is 2.40. The fraction of sp³-hybridized carbons (Fsp3) is 0.538. The number of hydrogen-bond donors (Lipinski definition) is 0. The Morgan fingerprint density at radius 1 is 1.35 bits per heavy atom. The summed E-state index contributed by atoms with van der Waals surface area (Å²) in [6.07, 6.45) is 1.99. The molecule has 1 aromatic carbocycles. The number of rotatable bonds is 1. The van der Waals surface area contributed by atoms with E-state index in [0.29, 0.717) is 10.7 Å². The normalized spacial score (nSPS) is 21.9. The quantitative estimate of drug-likeness (QED) is 0.717. The summed E-state index contributed by atoms with van der Waals surface area (Å²) >= 11 is 5.84. The molecule has 2 aliphatic heterocycles. The van der Waals surface area contributed by atoms with Gasteiger partial charge in [-0.1, -0.05) is 11.6 Å². The van der Waals surface area contributed by atoms with Gasteiger partial charge < -0.3 is 9.64 Å². The van der Waals surface area contributed by atoms with Crippen molar-refractivity contribution < 1.29 is 9.13 Å². The van der Waals surface area contributed by atoms with Crippen LogP contribution in [0.1, 0.15) is 18.4 Å². The summed E-state index contributed by atoms with van der Waals surface area (Å²) < 4.78 is 19.4. The first-order chi connectivity index (χ1) is 8.10. The van der Waals surface area contributed by atoms with Gasteiger partial charge >= 0.3 is 0 Å². The van der Waals surface area contributed by atoms with Gasteiger partial charge in [-0.2, -0.15) is 0 Å². The molecule has 2 fully saturated rings. The zero-order chi connectivity index (χ0) is 12.0. The van der Waals surface area contributed by atoms with E-state index < -0.39 is 0 Å². The number of piperidine rings is 1. The molecule has 0 aliphatic carbocycles. The topological polar surface area (TPSA) is 15.8 Å². The van der Waals surface area contributed by atoms with Crippen LogP contribution >= 0.6 is 11.6 Å². The van der Waals surface area contributed by atoms with Crippen LogP contribution < -0.4 is 4.90 Å². The molecule has 0 atom stereocenters. The molecule has 0 radical (unpaired) electrons. The Bertz CT molecular complexity index is 426. The van der Waals surface area contributed by atoms with Crippen LogP contribution in [-0.4, -0.2) is 25.3 Å². The van der Waals surface area contributed by atoms with Gasteiger partial charge in [0.25, 0.3) is 0 Å². The minimum atomic E-state index is -0.220. The molecular weight excluding hydrogens is 241 g/mol. The molecule has 1 spiro atoms. The molecule has 4 heteroatoms. The lowest BCUT2D eigenvalue weighted by Gasteiger charge is -2.33. The third-order valence-corrected chi connectivity index (χ3v) is 3.98. The summed E-state index contributed by atoms with van der Waals surface area (Å²) in [4.78, 5) is 2.11. The second-order valence-corrected chi connectivity index (χ2v) is 5.45. The molecule has 2 heterocycles.